The third-order valence-corrected chi connectivity index (χ3v) is 11.3. The van der Waals surface area contributed by atoms with E-state index in [1.807, 2.05) is 36.4 Å². The third kappa shape index (κ3) is 5.92. The molecule has 0 bridgehead atoms. The van der Waals surface area contributed by atoms with Gasteiger partial charge in [-0.3, -0.25) is 0 Å². The first-order chi connectivity index (χ1) is 28.2. The number of rotatable bonds is 7. The second-order valence-electron chi connectivity index (χ2n) is 14.6. The number of hydrogen-bond acceptors (Lipinski definition) is 2. The van der Waals surface area contributed by atoms with Gasteiger partial charge in [0.05, 0.1) is 11.1 Å². The predicted octanol–water partition coefficient (Wildman–Crippen LogP) is 13.2. The Labute approximate surface area is 334 Å². The predicted molar refractivity (Wildman–Crippen MR) is 237 cm³/mol. The molecule has 0 fully saturated rings. The van der Waals surface area contributed by atoms with Gasteiger partial charge in [-0.25, -0.2) is 9.98 Å². The van der Waals surface area contributed by atoms with Gasteiger partial charge in [0, 0.05) is 22.3 Å². The largest absolute Gasteiger partial charge is 0.227 e. The van der Waals surface area contributed by atoms with E-state index in [4.69, 9.17) is 9.98 Å². The fraction of sp³-hybridized carbons (Fsp3) is 0.0364. The van der Waals surface area contributed by atoms with Crippen molar-refractivity contribution in [1.82, 2.24) is 0 Å². The number of benzene rings is 8. The first kappa shape index (κ1) is 34.1. The van der Waals surface area contributed by atoms with E-state index in [1.165, 1.54) is 44.5 Å². The summed E-state index contributed by atoms with van der Waals surface area (Å²) in [5, 5.41) is 0. The normalized spacial score (nSPS) is 14.0. The molecule has 0 spiro atoms. The fourth-order valence-electron chi connectivity index (χ4n) is 8.72. The van der Waals surface area contributed by atoms with Crippen molar-refractivity contribution in [3.8, 4) is 33.4 Å². The molecule has 2 aliphatic rings. The number of fused-ring (bicyclic) bond motifs is 3. The van der Waals surface area contributed by atoms with Gasteiger partial charge in [-0.05, 0) is 68.6 Å². The van der Waals surface area contributed by atoms with Crippen LogP contribution in [0.4, 0.5) is 0 Å². The number of nitrogens with zero attached hydrogens (tertiary/aromatic N) is 2. The number of hydrogen-bond donors (Lipinski definition) is 0. The van der Waals surface area contributed by atoms with Crippen molar-refractivity contribution >= 4 is 17.2 Å². The van der Waals surface area contributed by atoms with Gasteiger partial charge in [-0.15, -0.1) is 0 Å². The lowest BCUT2D eigenvalue weighted by atomic mass is 9.67. The Morgan fingerprint density at radius 2 is 0.860 bits per heavy atom. The topological polar surface area (TPSA) is 24.7 Å². The Morgan fingerprint density at radius 3 is 1.51 bits per heavy atom. The first-order valence-electron chi connectivity index (χ1n) is 19.5. The molecule has 0 atom stereocenters. The van der Waals surface area contributed by atoms with Crippen molar-refractivity contribution in [2.75, 3.05) is 0 Å². The highest BCUT2D eigenvalue weighted by atomic mass is 14.9. The summed E-state index contributed by atoms with van der Waals surface area (Å²) in [6.07, 6.45) is 0. The molecule has 268 valence electrons. The van der Waals surface area contributed by atoms with Gasteiger partial charge in [0.25, 0.3) is 0 Å². The van der Waals surface area contributed by atoms with Crippen molar-refractivity contribution < 1.29 is 0 Å². The molecule has 0 amide bonds. The Morgan fingerprint density at radius 1 is 0.368 bits per heavy atom. The molecule has 2 heteroatoms. The first-order valence-corrected chi connectivity index (χ1v) is 19.5. The Balaban J connectivity index is 1.06. The number of allylic oxidation sites excluding steroid dienone is 1. The van der Waals surface area contributed by atoms with Crippen LogP contribution in [-0.2, 0) is 5.41 Å². The monoisotopic (exact) mass is 726 g/mol. The second kappa shape index (κ2) is 14.4. The molecule has 8 aromatic carbocycles. The molecule has 0 saturated carbocycles. The van der Waals surface area contributed by atoms with E-state index < -0.39 is 5.41 Å². The van der Waals surface area contributed by atoms with E-state index in [1.54, 1.807) is 0 Å². The van der Waals surface area contributed by atoms with Crippen LogP contribution < -0.4 is 0 Å². The highest BCUT2D eigenvalue weighted by molar-refractivity contribution is 6.21. The molecule has 0 radical (unpaired) electrons. The SMILES string of the molecule is CC1=C=C(c2ccccc2-c2ccc(-c3ccc4c(c3)-c3ccccc3C4(c3ccccc3)c3ccccc3)cc2)N=C(c2ccccc2)N=C1c1ccccc1. The standard InChI is InChI=1S/C55H38N2/c1-38-36-52(56-54(42-20-8-3-9-21-42)57-53(38)41-18-6-2-7-19-41)48-28-15-14-26-46(48)40-32-30-39(31-33-40)43-34-35-51-49(37-43)47-27-16-17-29-50(47)55(51,44-22-10-4-11-23-44)45-24-12-5-13-25-45/h2-35,37H,1H3. The highest BCUT2D eigenvalue weighted by Gasteiger charge is 2.45. The molecule has 8 aromatic rings. The maximum absolute atomic E-state index is 5.21. The Kier molecular flexibility index (Phi) is 8.60. The van der Waals surface area contributed by atoms with Crippen LogP contribution >= 0.6 is 0 Å². The molecule has 1 aliphatic heterocycles. The van der Waals surface area contributed by atoms with Crippen molar-refractivity contribution in [1.29, 1.82) is 0 Å². The number of aliphatic imine (C=N–C) groups is 2. The Hall–Kier alpha value is -7.38. The highest BCUT2D eigenvalue weighted by Crippen LogP contribution is 2.56. The van der Waals surface area contributed by atoms with Crippen LogP contribution in [0.5, 0.6) is 0 Å². The summed E-state index contributed by atoms with van der Waals surface area (Å²) < 4.78 is 0. The molecule has 0 saturated heterocycles. The fourth-order valence-corrected chi connectivity index (χ4v) is 8.72. The van der Waals surface area contributed by atoms with E-state index in [0.717, 1.165) is 44.8 Å². The molecule has 0 N–H and O–H groups in total. The molecule has 10 rings (SSSR count). The summed E-state index contributed by atoms with van der Waals surface area (Å²) in [5.74, 6) is 0.667. The van der Waals surface area contributed by atoms with Crippen LogP contribution in [0.2, 0.25) is 0 Å². The molecule has 0 aromatic heterocycles. The molecule has 1 aliphatic carbocycles. The average Bonchev–Trinajstić information content (AvgIpc) is 3.47. The van der Waals surface area contributed by atoms with Crippen LogP contribution in [0.15, 0.2) is 234 Å². The van der Waals surface area contributed by atoms with E-state index in [2.05, 4.69) is 189 Å². The molecule has 57 heavy (non-hydrogen) atoms. The quantitative estimate of drug-likeness (QED) is 0.146. The average molecular weight is 727 g/mol. The van der Waals surface area contributed by atoms with E-state index in [0.29, 0.717) is 5.84 Å². The molecule has 0 unspecified atom stereocenters. The zero-order valence-electron chi connectivity index (χ0n) is 31.6. The summed E-state index contributed by atoms with van der Waals surface area (Å²) in [6, 6.07) is 75.8. The van der Waals surface area contributed by atoms with Crippen LogP contribution in [0, 0.1) is 0 Å². The maximum Gasteiger partial charge on any atom is 0.161 e. The van der Waals surface area contributed by atoms with Crippen molar-refractivity contribution in [2.24, 2.45) is 9.98 Å². The lowest BCUT2D eigenvalue weighted by Gasteiger charge is -2.33. The van der Waals surface area contributed by atoms with Crippen molar-refractivity contribution in [2.45, 2.75) is 12.3 Å². The lowest BCUT2D eigenvalue weighted by molar-refractivity contribution is 0.768. The smallest absolute Gasteiger partial charge is 0.161 e. The minimum Gasteiger partial charge on any atom is -0.227 e. The zero-order chi connectivity index (χ0) is 38.2. The van der Waals surface area contributed by atoms with E-state index in [-0.39, 0.29) is 0 Å². The van der Waals surface area contributed by atoms with E-state index in [9.17, 15) is 0 Å². The summed E-state index contributed by atoms with van der Waals surface area (Å²) in [5.41, 5.74) is 21.1. The van der Waals surface area contributed by atoms with Gasteiger partial charge in [0.1, 0.15) is 5.70 Å². The van der Waals surface area contributed by atoms with Gasteiger partial charge in [-0.1, -0.05) is 212 Å². The number of amidine groups is 1. The molecular formula is C55H38N2. The van der Waals surface area contributed by atoms with Crippen LogP contribution in [-0.4, -0.2) is 11.5 Å². The van der Waals surface area contributed by atoms with Gasteiger partial charge in [0.15, 0.2) is 5.84 Å². The van der Waals surface area contributed by atoms with Gasteiger partial charge in [0.2, 0.25) is 0 Å². The second-order valence-corrected chi connectivity index (χ2v) is 14.6. The molecule has 1 heterocycles. The van der Waals surface area contributed by atoms with Crippen LogP contribution in [0.3, 0.4) is 0 Å². The Bertz CT molecular complexity index is 2860. The van der Waals surface area contributed by atoms with Gasteiger partial charge >= 0.3 is 0 Å². The van der Waals surface area contributed by atoms with E-state index >= 15 is 0 Å². The summed E-state index contributed by atoms with van der Waals surface area (Å²) >= 11 is 0. The maximum atomic E-state index is 5.21. The van der Waals surface area contributed by atoms with Gasteiger partial charge in [-0.2, -0.15) is 0 Å². The summed E-state index contributed by atoms with van der Waals surface area (Å²) in [6.45, 7) is 2.07. The third-order valence-electron chi connectivity index (χ3n) is 11.3. The van der Waals surface area contributed by atoms with Crippen molar-refractivity contribution in [3.05, 3.63) is 263 Å². The van der Waals surface area contributed by atoms with Crippen LogP contribution in [0.25, 0.3) is 39.1 Å². The molecule has 2 nitrogen and oxygen atoms in total. The summed E-state index contributed by atoms with van der Waals surface area (Å²) in [4.78, 5) is 10.4. The lowest BCUT2D eigenvalue weighted by Crippen LogP contribution is -2.28. The van der Waals surface area contributed by atoms with Crippen molar-refractivity contribution in [3.63, 3.8) is 0 Å². The zero-order valence-corrected chi connectivity index (χ0v) is 31.6. The minimum atomic E-state index is -0.407. The minimum absolute atomic E-state index is 0.407. The molecular weight excluding hydrogens is 689 g/mol. The summed E-state index contributed by atoms with van der Waals surface area (Å²) in [7, 11) is 0. The van der Waals surface area contributed by atoms with Gasteiger partial charge < -0.3 is 0 Å². The van der Waals surface area contributed by atoms with Crippen LogP contribution in [0.1, 0.15) is 45.9 Å².